The maximum absolute atomic E-state index is 9.64. The van der Waals surface area contributed by atoms with Crippen molar-refractivity contribution in [3.05, 3.63) is 23.4 Å². The van der Waals surface area contributed by atoms with E-state index in [1.807, 2.05) is 19.1 Å². The van der Waals surface area contributed by atoms with Crippen LogP contribution < -0.4 is 4.90 Å². The van der Waals surface area contributed by atoms with Gasteiger partial charge >= 0.3 is 0 Å². The van der Waals surface area contributed by atoms with Crippen LogP contribution in [0, 0.1) is 6.92 Å². The summed E-state index contributed by atoms with van der Waals surface area (Å²) in [4.78, 5) is 9.46. The number of nitrogens with zero attached hydrogens (tertiary/aromatic N) is 3. The van der Waals surface area contributed by atoms with E-state index in [2.05, 4.69) is 28.6 Å². The Hall–Kier alpha value is -1.13. The van der Waals surface area contributed by atoms with E-state index in [0.29, 0.717) is 6.04 Å². The largest absolute Gasteiger partial charge is 0.389 e. The number of rotatable bonds is 3. The van der Waals surface area contributed by atoms with Crippen LogP contribution in [-0.2, 0) is 0 Å². The Morgan fingerprint density at radius 2 is 1.74 bits per heavy atom. The third-order valence-corrected chi connectivity index (χ3v) is 3.93. The molecule has 1 atom stereocenters. The molecule has 1 aromatic heterocycles. The molecule has 1 N–H and O–H groups in total. The van der Waals surface area contributed by atoms with Gasteiger partial charge < -0.3 is 10.0 Å². The third kappa shape index (κ3) is 3.25. The lowest BCUT2D eigenvalue weighted by molar-refractivity contribution is 0.198. The first-order valence-corrected chi connectivity index (χ1v) is 7.13. The van der Waals surface area contributed by atoms with Crippen LogP contribution in [0.3, 0.4) is 0 Å². The van der Waals surface area contributed by atoms with Crippen molar-refractivity contribution in [2.45, 2.75) is 39.8 Å². The number of piperazine rings is 1. The van der Waals surface area contributed by atoms with Crippen molar-refractivity contribution in [3.8, 4) is 0 Å². The molecule has 19 heavy (non-hydrogen) atoms. The molecule has 1 saturated heterocycles. The average molecular weight is 263 g/mol. The maximum Gasteiger partial charge on any atom is 0.128 e. The van der Waals surface area contributed by atoms with Crippen LogP contribution in [0.25, 0.3) is 0 Å². The highest BCUT2D eigenvalue weighted by atomic mass is 16.3. The summed E-state index contributed by atoms with van der Waals surface area (Å²) in [5.41, 5.74) is 1.85. The molecule has 4 heteroatoms. The first-order chi connectivity index (χ1) is 8.99. The zero-order valence-electron chi connectivity index (χ0n) is 12.4. The number of hydrogen-bond acceptors (Lipinski definition) is 4. The van der Waals surface area contributed by atoms with E-state index < -0.39 is 6.10 Å². The van der Waals surface area contributed by atoms with E-state index in [9.17, 15) is 5.11 Å². The minimum Gasteiger partial charge on any atom is -0.389 e. The maximum atomic E-state index is 9.64. The van der Waals surface area contributed by atoms with E-state index in [1.165, 1.54) is 0 Å². The fraction of sp³-hybridized carbons (Fsp3) is 0.667. The molecule has 1 aliphatic heterocycles. The van der Waals surface area contributed by atoms with Gasteiger partial charge in [-0.1, -0.05) is 6.07 Å². The number of pyridine rings is 1. The van der Waals surface area contributed by atoms with Crippen LogP contribution in [-0.4, -0.2) is 47.2 Å². The Kier molecular flexibility index (Phi) is 4.42. The summed E-state index contributed by atoms with van der Waals surface area (Å²) < 4.78 is 0. The molecule has 1 aliphatic rings. The van der Waals surface area contributed by atoms with Gasteiger partial charge in [-0.25, -0.2) is 4.98 Å². The van der Waals surface area contributed by atoms with Crippen molar-refractivity contribution in [1.29, 1.82) is 0 Å². The lowest BCUT2D eigenvalue weighted by atomic mass is 10.1. The molecule has 106 valence electrons. The van der Waals surface area contributed by atoms with E-state index in [-0.39, 0.29) is 0 Å². The lowest BCUT2D eigenvalue weighted by Crippen LogP contribution is -2.49. The van der Waals surface area contributed by atoms with Gasteiger partial charge in [0.1, 0.15) is 5.82 Å². The Labute approximate surface area is 116 Å². The van der Waals surface area contributed by atoms with Crippen molar-refractivity contribution in [2.24, 2.45) is 0 Å². The first-order valence-electron chi connectivity index (χ1n) is 7.13. The lowest BCUT2D eigenvalue weighted by Gasteiger charge is -2.37. The molecule has 1 aromatic rings. The van der Waals surface area contributed by atoms with Gasteiger partial charge in [0.25, 0.3) is 0 Å². The predicted molar refractivity (Wildman–Crippen MR) is 78.5 cm³/mol. The van der Waals surface area contributed by atoms with Gasteiger partial charge in [-0.15, -0.1) is 0 Å². The number of aryl methyl sites for hydroxylation is 1. The molecule has 0 saturated carbocycles. The van der Waals surface area contributed by atoms with Crippen LogP contribution in [0.2, 0.25) is 0 Å². The topological polar surface area (TPSA) is 39.6 Å². The van der Waals surface area contributed by atoms with Gasteiger partial charge in [-0.2, -0.15) is 0 Å². The van der Waals surface area contributed by atoms with E-state index in [4.69, 9.17) is 0 Å². The van der Waals surface area contributed by atoms with E-state index in [0.717, 1.165) is 43.3 Å². The summed E-state index contributed by atoms with van der Waals surface area (Å²) in [5, 5.41) is 9.64. The summed E-state index contributed by atoms with van der Waals surface area (Å²) in [6.45, 7) is 12.5. The predicted octanol–water partition coefficient (Wildman–Crippen LogP) is 1.97. The number of aliphatic hydroxyl groups is 1. The minimum absolute atomic E-state index is 0.445. The van der Waals surface area contributed by atoms with Crippen molar-refractivity contribution in [3.63, 3.8) is 0 Å². The fourth-order valence-electron chi connectivity index (χ4n) is 2.64. The molecular weight excluding hydrogens is 238 g/mol. The molecule has 1 unspecified atom stereocenters. The zero-order chi connectivity index (χ0) is 14.0. The molecule has 0 spiro atoms. The molecule has 0 amide bonds. The molecule has 4 nitrogen and oxygen atoms in total. The van der Waals surface area contributed by atoms with Crippen LogP contribution in [0.5, 0.6) is 0 Å². The molecule has 0 radical (unpaired) electrons. The van der Waals surface area contributed by atoms with Gasteiger partial charge in [0.2, 0.25) is 0 Å². The van der Waals surface area contributed by atoms with Crippen molar-refractivity contribution < 1.29 is 5.11 Å². The van der Waals surface area contributed by atoms with Gasteiger partial charge in [0.05, 0.1) is 6.10 Å². The minimum atomic E-state index is -0.445. The molecule has 0 aromatic carbocycles. The normalized spacial score (nSPS) is 18.9. The average Bonchev–Trinajstić information content (AvgIpc) is 2.38. The Morgan fingerprint density at radius 3 is 2.21 bits per heavy atom. The smallest absolute Gasteiger partial charge is 0.128 e. The highest BCUT2D eigenvalue weighted by molar-refractivity contribution is 5.42. The monoisotopic (exact) mass is 263 g/mol. The summed E-state index contributed by atoms with van der Waals surface area (Å²) in [6.07, 6.45) is -0.445. The highest BCUT2D eigenvalue weighted by Crippen LogP contribution is 2.21. The molecule has 1 fully saturated rings. The number of hydrogen-bond donors (Lipinski definition) is 1. The number of anilines is 1. The zero-order valence-corrected chi connectivity index (χ0v) is 12.4. The standard InChI is InChI=1S/C15H25N3O/c1-11(2)17-7-9-18(10-8-17)15-6-5-14(13(4)19)12(3)16-15/h5-6,11,13,19H,7-10H2,1-4H3. The van der Waals surface area contributed by atoms with Crippen molar-refractivity contribution in [1.82, 2.24) is 9.88 Å². The van der Waals surface area contributed by atoms with Crippen LogP contribution in [0.15, 0.2) is 12.1 Å². The highest BCUT2D eigenvalue weighted by Gasteiger charge is 2.20. The summed E-state index contributed by atoms with van der Waals surface area (Å²) in [5.74, 6) is 1.03. The van der Waals surface area contributed by atoms with Crippen molar-refractivity contribution in [2.75, 3.05) is 31.1 Å². The van der Waals surface area contributed by atoms with Gasteiger partial charge in [-0.3, -0.25) is 4.90 Å². The molecule has 2 heterocycles. The summed E-state index contributed by atoms with van der Waals surface area (Å²) in [7, 11) is 0. The Morgan fingerprint density at radius 1 is 1.11 bits per heavy atom. The first kappa shape index (κ1) is 14.3. The fourth-order valence-corrected chi connectivity index (χ4v) is 2.64. The molecule has 2 rings (SSSR count). The molecule has 0 bridgehead atoms. The second-order valence-corrected chi connectivity index (χ2v) is 5.64. The number of aliphatic hydroxyl groups excluding tert-OH is 1. The van der Waals surface area contributed by atoms with Crippen LogP contribution >= 0.6 is 0 Å². The Balaban J connectivity index is 2.06. The van der Waals surface area contributed by atoms with E-state index >= 15 is 0 Å². The molecule has 0 aliphatic carbocycles. The van der Waals surface area contributed by atoms with Gasteiger partial charge in [-0.05, 0) is 33.8 Å². The second kappa shape index (κ2) is 5.88. The van der Waals surface area contributed by atoms with Gasteiger partial charge in [0.15, 0.2) is 0 Å². The van der Waals surface area contributed by atoms with Gasteiger partial charge in [0, 0.05) is 43.5 Å². The summed E-state index contributed by atoms with van der Waals surface area (Å²) >= 11 is 0. The van der Waals surface area contributed by atoms with Crippen LogP contribution in [0.1, 0.15) is 38.1 Å². The van der Waals surface area contributed by atoms with Crippen molar-refractivity contribution >= 4 is 5.82 Å². The Bertz CT molecular complexity index is 423. The second-order valence-electron chi connectivity index (χ2n) is 5.64. The van der Waals surface area contributed by atoms with E-state index in [1.54, 1.807) is 6.92 Å². The SMILES string of the molecule is Cc1nc(N2CCN(C(C)C)CC2)ccc1C(C)O. The van der Waals surface area contributed by atoms with Crippen LogP contribution in [0.4, 0.5) is 5.82 Å². The number of aromatic nitrogens is 1. The molecular formula is C15H25N3O. The third-order valence-electron chi connectivity index (χ3n) is 3.93. The quantitative estimate of drug-likeness (QED) is 0.905. The summed E-state index contributed by atoms with van der Waals surface area (Å²) in [6, 6.07) is 4.64.